The van der Waals surface area contributed by atoms with Gasteiger partial charge in [0.2, 0.25) is 0 Å². The molecule has 3 rings (SSSR count). The Morgan fingerprint density at radius 3 is 1.46 bits per heavy atom. The van der Waals surface area contributed by atoms with E-state index < -0.39 is 0 Å². The summed E-state index contributed by atoms with van der Waals surface area (Å²) >= 11 is 7.71. The van der Waals surface area contributed by atoms with E-state index in [0.29, 0.717) is 0 Å². The van der Waals surface area contributed by atoms with E-state index in [-0.39, 0.29) is 0 Å². The molecule has 2 heterocycles. The zero-order chi connectivity index (χ0) is 18.2. The molecule has 0 spiro atoms. The van der Waals surface area contributed by atoms with Crippen LogP contribution in [0.3, 0.4) is 0 Å². The fourth-order valence-electron chi connectivity index (χ4n) is 2.67. The largest absolute Gasteiger partial charge is 0.143 e. The van der Waals surface area contributed by atoms with E-state index in [1.54, 1.807) is 0 Å². The van der Waals surface area contributed by atoms with Crippen LogP contribution in [0, 0.1) is 0 Å². The summed E-state index contributed by atoms with van der Waals surface area (Å²) in [6.07, 6.45) is 5.10. The van der Waals surface area contributed by atoms with Crippen molar-refractivity contribution in [2.75, 3.05) is 11.5 Å². The van der Waals surface area contributed by atoms with Crippen molar-refractivity contribution < 1.29 is 0 Å². The Kier molecular flexibility index (Phi) is 8.18. The van der Waals surface area contributed by atoms with Crippen molar-refractivity contribution >= 4 is 46.2 Å². The summed E-state index contributed by atoms with van der Waals surface area (Å²) in [5.41, 5.74) is 2.69. The molecule has 2 aromatic heterocycles. The molecule has 0 radical (unpaired) electrons. The summed E-state index contributed by atoms with van der Waals surface area (Å²) in [6.45, 7) is 4.51. The first-order valence-corrected chi connectivity index (χ1v) is 13.1. The topological polar surface area (TPSA) is 0 Å². The van der Waals surface area contributed by atoms with E-state index in [2.05, 4.69) is 61.0 Å². The highest BCUT2D eigenvalue weighted by molar-refractivity contribution is 7.99. The van der Waals surface area contributed by atoms with Crippen molar-refractivity contribution in [2.45, 2.75) is 49.3 Å². The lowest BCUT2D eigenvalue weighted by molar-refractivity contribution is 0.896. The van der Waals surface area contributed by atoms with E-state index in [0.717, 1.165) is 0 Å². The SMILES string of the molecule is CCCCSc1ccsc1-c1ccc(-c2sccc2SCCCC)cc1. The molecule has 0 nitrogen and oxygen atoms in total. The third kappa shape index (κ3) is 5.19. The van der Waals surface area contributed by atoms with Crippen molar-refractivity contribution in [1.29, 1.82) is 0 Å². The Morgan fingerprint density at radius 1 is 0.654 bits per heavy atom. The van der Waals surface area contributed by atoms with E-state index in [1.807, 2.05) is 46.2 Å². The van der Waals surface area contributed by atoms with Crippen LogP contribution in [0.2, 0.25) is 0 Å². The number of rotatable bonds is 10. The first kappa shape index (κ1) is 20.1. The van der Waals surface area contributed by atoms with Gasteiger partial charge in [0.05, 0.1) is 0 Å². The summed E-state index contributed by atoms with van der Waals surface area (Å²) < 4.78 is 0. The Bertz CT molecular complexity index is 715. The van der Waals surface area contributed by atoms with Gasteiger partial charge in [0, 0.05) is 19.5 Å². The molecule has 26 heavy (non-hydrogen) atoms. The molecule has 0 saturated heterocycles. The van der Waals surface area contributed by atoms with Crippen LogP contribution in [0.5, 0.6) is 0 Å². The maximum Gasteiger partial charge on any atom is 0.0478 e. The highest BCUT2D eigenvalue weighted by Gasteiger charge is 2.10. The zero-order valence-electron chi connectivity index (χ0n) is 15.5. The second kappa shape index (κ2) is 10.6. The van der Waals surface area contributed by atoms with Gasteiger partial charge in [-0.3, -0.25) is 0 Å². The molecule has 0 N–H and O–H groups in total. The van der Waals surface area contributed by atoms with Crippen LogP contribution in [-0.2, 0) is 0 Å². The molecule has 4 heteroatoms. The average molecular weight is 419 g/mol. The summed E-state index contributed by atoms with van der Waals surface area (Å²) in [5.74, 6) is 2.43. The van der Waals surface area contributed by atoms with Gasteiger partial charge in [0.15, 0.2) is 0 Å². The average Bonchev–Trinajstić information content (AvgIpc) is 3.32. The van der Waals surface area contributed by atoms with E-state index in [1.165, 1.54) is 67.9 Å². The quantitative estimate of drug-likeness (QED) is 0.238. The molecule has 0 atom stereocenters. The number of hydrogen-bond acceptors (Lipinski definition) is 4. The van der Waals surface area contributed by atoms with Gasteiger partial charge in [0.25, 0.3) is 0 Å². The predicted octanol–water partition coefficient (Wildman–Crippen LogP) is 8.93. The number of benzene rings is 1. The normalized spacial score (nSPS) is 11.2. The minimum atomic E-state index is 1.21. The van der Waals surface area contributed by atoms with Gasteiger partial charge in [0.1, 0.15) is 0 Å². The smallest absolute Gasteiger partial charge is 0.0478 e. The van der Waals surface area contributed by atoms with Crippen LogP contribution < -0.4 is 0 Å². The lowest BCUT2D eigenvalue weighted by Gasteiger charge is -2.07. The molecule has 0 saturated carbocycles. The fraction of sp³-hybridized carbons (Fsp3) is 0.364. The van der Waals surface area contributed by atoms with E-state index in [9.17, 15) is 0 Å². The molecule has 0 aliphatic rings. The maximum absolute atomic E-state index is 2.30. The molecule has 1 aromatic carbocycles. The fourth-order valence-corrected chi connectivity index (χ4v) is 7.21. The third-order valence-electron chi connectivity index (χ3n) is 4.18. The molecular weight excluding hydrogens is 393 g/mol. The lowest BCUT2D eigenvalue weighted by Crippen LogP contribution is -1.82. The predicted molar refractivity (Wildman–Crippen MR) is 124 cm³/mol. The zero-order valence-corrected chi connectivity index (χ0v) is 18.8. The molecule has 0 aliphatic heterocycles. The second-order valence-electron chi connectivity index (χ2n) is 6.21. The van der Waals surface area contributed by atoms with Crippen LogP contribution in [-0.4, -0.2) is 11.5 Å². The Morgan fingerprint density at radius 2 is 1.08 bits per heavy atom. The third-order valence-corrected chi connectivity index (χ3v) is 8.65. The number of unbranched alkanes of at least 4 members (excludes halogenated alkanes) is 2. The molecule has 0 bridgehead atoms. The van der Waals surface area contributed by atoms with Gasteiger partial charge in [-0.2, -0.15) is 0 Å². The van der Waals surface area contributed by atoms with Gasteiger partial charge in [-0.1, -0.05) is 51.0 Å². The van der Waals surface area contributed by atoms with Crippen molar-refractivity contribution in [1.82, 2.24) is 0 Å². The summed E-state index contributed by atoms with van der Waals surface area (Å²) in [4.78, 5) is 5.70. The number of hydrogen-bond donors (Lipinski definition) is 0. The van der Waals surface area contributed by atoms with Crippen molar-refractivity contribution in [3.05, 3.63) is 47.2 Å². The van der Waals surface area contributed by atoms with Crippen molar-refractivity contribution in [3.8, 4) is 20.9 Å². The van der Waals surface area contributed by atoms with E-state index in [4.69, 9.17) is 0 Å². The minimum Gasteiger partial charge on any atom is -0.143 e. The highest BCUT2D eigenvalue weighted by atomic mass is 32.2. The van der Waals surface area contributed by atoms with Crippen molar-refractivity contribution in [2.24, 2.45) is 0 Å². The molecule has 0 fully saturated rings. The van der Waals surface area contributed by atoms with Gasteiger partial charge in [-0.05, 0) is 58.4 Å². The minimum absolute atomic E-state index is 1.21. The summed E-state index contributed by atoms with van der Waals surface area (Å²) in [7, 11) is 0. The monoisotopic (exact) mass is 418 g/mol. The summed E-state index contributed by atoms with van der Waals surface area (Å²) in [5, 5.41) is 4.44. The number of thioether (sulfide) groups is 2. The van der Waals surface area contributed by atoms with Crippen LogP contribution in [0.4, 0.5) is 0 Å². The molecular formula is C22H26S4. The molecule has 3 aromatic rings. The van der Waals surface area contributed by atoms with Crippen LogP contribution in [0.15, 0.2) is 56.9 Å². The Labute approximate surface area is 174 Å². The van der Waals surface area contributed by atoms with Crippen LogP contribution >= 0.6 is 46.2 Å². The second-order valence-corrected chi connectivity index (χ2v) is 10.3. The van der Waals surface area contributed by atoms with Crippen LogP contribution in [0.1, 0.15) is 39.5 Å². The first-order valence-electron chi connectivity index (χ1n) is 9.34. The van der Waals surface area contributed by atoms with Crippen LogP contribution in [0.25, 0.3) is 20.9 Å². The maximum atomic E-state index is 2.30. The molecule has 0 unspecified atom stereocenters. The van der Waals surface area contributed by atoms with Gasteiger partial charge >= 0.3 is 0 Å². The van der Waals surface area contributed by atoms with Crippen molar-refractivity contribution in [3.63, 3.8) is 0 Å². The molecule has 0 amide bonds. The lowest BCUT2D eigenvalue weighted by atomic mass is 10.1. The summed E-state index contributed by atoms with van der Waals surface area (Å²) in [6, 6.07) is 13.7. The van der Waals surface area contributed by atoms with Gasteiger partial charge in [-0.15, -0.1) is 46.2 Å². The van der Waals surface area contributed by atoms with Gasteiger partial charge in [-0.25, -0.2) is 0 Å². The van der Waals surface area contributed by atoms with Gasteiger partial charge < -0.3 is 0 Å². The Balaban J connectivity index is 1.74. The molecule has 0 aliphatic carbocycles. The number of thiophene rings is 2. The van der Waals surface area contributed by atoms with E-state index >= 15 is 0 Å². The molecule has 138 valence electrons. The Hall–Kier alpha value is -0.680. The highest BCUT2D eigenvalue weighted by Crippen LogP contribution is 2.40. The first-order chi connectivity index (χ1) is 12.8. The standard InChI is InChI=1S/C22H26S4/c1-3-5-13-23-19-11-15-25-21(19)17-7-9-18(10-8-17)22-20(12-16-26-22)24-14-6-4-2/h7-12,15-16H,3-6,13-14H2,1-2H3.